The number of carboxylic acid groups (broad SMARTS) is 1. The maximum absolute atomic E-state index is 12.5. The van der Waals surface area contributed by atoms with Crippen LogP contribution in [0.5, 0.6) is 0 Å². The molecule has 0 radical (unpaired) electrons. The summed E-state index contributed by atoms with van der Waals surface area (Å²) in [7, 11) is 0. The summed E-state index contributed by atoms with van der Waals surface area (Å²) in [4.78, 5) is 23.7. The fourth-order valence-electron chi connectivity index (χ4n) is 2.56. The van der Waals surface area contributed by atoms with Crippen LogP contribution >= 0.6 is 0 Å². The van der Waals surface area contributed by atoms with Gasteiger partial charge < -0.3 is 10.4 Å². The lowest BCUT2D eigenvalue weighted by molar-refractivity contribution is -0.140. The van der Waals surface area contributed by atoms with Crippen molar-refractivity contribution >= 4 is 11.9 Å². The molecule has 1 atom stereocenters. The van der Waals surface area contributed by atoms with Gasteiger partial charge in [0.25, 0.3) is 5.91 Å². The molecule has 0 aliphatic rings. The van der Waals surface area contributed by atoms with Crippen molar-refractivity contribution in [3.63, 3.8) is 0 Å². The van der Waals surface area contributed by atoms with Crippen LogP contribution in [0.1, 0.15) is 41.0 Å². The smallest absolute Gasteiger partial charge is 0.326 e. The third-order valence-electron chi connectivity index (χ3n) is 4.07. The second-order valence-corrected chi connectivity index (χ2v) is 6.38. The highest BCUT2D eigenvalue weighted by molar-refractivity contribution is 5.97. The molecular weight excluding hydrogens is 306 g/mol. The summed E-state index contributed by atoms with van der Waals surface area (Å²) >= 11 is 0. The van der Waals surface area contributed by atoms with Crippen LogP contribution in [0.2, 0.25) is 0 Å². The number of amides is 1. The maximum Gasteiger partial charge on any atom is 0.326 e. The van der Waals surface area contributed by atoms with E-state index >= 15 is 0 Å². The van der Waals surface area contributed by atoms with Crippen LogP contribution in [-0.2, 0) is 4.79 Å². The van der Waals surface area contributed by atoms with Gasteiger partial charge in [0.2, 0.25) is 0 Å². The minimum atomic E-state index is -1.04. The van der Waals surface area contributed by atoms with E-state index in [-0.39, 0.29) is 5.92 Å². The van der Waals surface area contributed by atoms with E-state index in [2.05, 4.69) is 10.4 Å². The maximum atomic E-state index is 12.5. The number of nitrogens with one attached hydrogen (secondary N) is 1. The van der Waals surface area contributed by atoms with Crippen LogP contribution in [0.4, 0.5) is 0 Å². The number of aliphatic carboxylic acids is 1. The van der Waals surface area contributed by atoms with E-state index < -0.39 is 17.9 Å². The zero-order valence-corrected chi connectivity index (χ0v) is 14.6. The molecule has 0 saturated heterocycles. The summed E-state index contributed by atoms with van der Waals surface area (Å²) in [5, 5.41) is 16.1. The Morgan fingerprint density at radius 3 is 2.46 bits per heavy atom. The van der Waals surface area contributed by atoms with Gasteiger partial charge in [-0.05, 0) is 43.9 Å². The van der Waals surface area contributed by atoms with Crippen molar-refractivity contribution in [3.05, 3.63) is 46.8 Å². The van der Waals surface area contributed by atoms with Gasteiger partial charge in [-0.15, -0.1) is 0 Å². The molecule has 2 rings (SSSR count). The van der Waals surface area contributed by atoms with Crippen LogP contribution in [0.15, 0.2) is 24.4 Å². The molecule has 0 bridgehead atoms. The Labute approximate surface area is 141 Å². The van der Waals surface area contributed by atoms with Crippen molar-refractivity contribution in [2.75, 3.05) is 0 Å². The predicted molar refractivity (Wildman–Crippen MR) is 91.5 cm³/mol. The van der Waals surface area contributed by atoms with Crippen LogP contribution < -0.4 is 5.32 Å². The van der Waals surface area contributed by atoms with Gasteiger partial charge in [-0.3, -0.25) is 4.79 Å². The number of aromatic nitrogens is 2. The largest absolute Gasteiger partial charge is 0.480 e. The number of rotatable bonds is 5. The zero-order chi connectivity index (χ0) is 18.0. The second kappa shape index (κ2) is 6.86. The van der Waals surface area contributed by atoms with Gasteiger partial charge in [0.15, 0.2) is 0 Å². The summed E-state index contributed by atoms with van der Waals surface area (Å²) in [6, 6.07) is 5.10. The second-order valence-electron chi connectivity index (χ2n) is 6.38. The monoisotopic (exact) mass is 329 g/mol. The summed E-state index contributed by atoms with van der Waals surface area (Å²) in [5.74, 6) is -1.68. The molecule has 128 valence electrons. The molecular formula is C18H23N3O3. The first-order valence-electron chi connectivity index (χ1n) is 7.88. The van der Waals surface area contributed by atoms with Gasteiger partial charge >= 0.3 is 5.97 Å². The van der Waals surface area contributed by atoms with Crippen molar-refractivity contribution in [2.24, 2.45) is 5.92 Å². The molecule has 2 N–H and O–H groups in total. The fourth-order valence-corrected chi connectivity index (χ4v) is 2.56. The number of nitrogens with zero attached hydrogens (tertiary/aromatic N) is 2. The SMILES string of the molecule is Cc1ccc(C)c(-n2ncc(C(=O)N[C@H](C(=O)O)C(C)C)c2C)c1. The van der Waals surface area contributed by atoms with E-state index in [9.17, 15) is 14.7 Å². The Morgan fingerprint density at radius 2 is 1.88 bits per heavy atom. The molecule has 2 aromatic rings. The Bertz CT molecular complexity index is 778. The number of carbonyl (C=O) groups is 2. The van der Waals surface area contributed by atoms with E-state index in [1.165, 1.54) is 6.20 Å². The van der Waals surface area contributed by atoms with Crippen molar-refractivity contribution in [2.45, 2.75) is 40.7 Å². The predicted octanol–water partition coefficient (Wildman–Crippen LogP) is 2.64. The fraction of sp³-hybridized carbons (Fsp3) is 0.389. The van der Waals surface area contributed by atoms with Gasteiger partial charge in [0.1, 0.15) is 6.04 Å². The van der Waals surface area contributed by atoms with E-state index in [0.717, 1.165) is 16.8 Å². The summed E-state index contributed by atoms with van der Waals surface area (Å²) in [6.07, 6.45) is 1.48. The van der Waals surface area contributed by atoms with E-state index in [0.29, 0.717) is 11.3 Å². The molecule has 0 saturated carbocycles. The lowest BCUT2D eigenvalue weighted by Gasteiger charge is -2.17. The molecule has 1 amide bonds. The van der Waals surface area contributed by atoms with E-state index in [1.54, 1.807) is 25.5 Å². The number of aryl methyl sites for hydroxylation is 2. The van der Waals surface area contributed by atoms with Crippen LogP contribution in [0, 0.1) is 26.7 Å². The number of hydrogen-bond donors (Lipinski definition) is 2. The van der Waals surface area contributed by atoms with Crippen LogP contribution in [-0.4, -0.2) is 32.8 Å². The number of hydrogen-bond acceptors (Lipinski definition) is 3. The Hall–Kier alpha value is -2.63. The van der Waals surface area contributed by atoms with Crippen molar-refractivity contribution in [1.29, 1.82) is 0 Å². The first-order chi connectivity index (χ1) is 11.2. The zero-order valence-electron chi connectivity index (χ0n) is 14.6. The number of carbonyl (C=O) groups excluding carboxylic acids is 1. The molecule has 6 heteroatoms. The van der Waals surface area contributed by atoms with Gasteiger partial charge in [-0.25, -0.2) is 9.48 Å². The number of benzene rings is 1. The molecule has 0 spiro atoms. The molecule has 1 aromatic carbocycles. The van der Waals surface area contributed by atoms with Gasteiger partial charge in [0, 0.05) is 0 Å². The highest BCUT2D eigenvalue weighted by atomic mass is 16.4. The molecule has 24 heavy (non-hydrogen) atoms. The third-order valence-corrected chi connectivity index (χ3v) is 4.07. The minimum absolute atomic E-state index is 0.208. The van der Waals surface area contributed by atoms with Crippen molar-refractivity contribution < 1.29 is 14.7 Å². The first-order valence-corrected chi connectivity index (χ1v) is 7.88. The lowest BCUT2D eigenvalue weighted by atomic mass is 10.0. The highest BCUT2D eigenvalue weighted by Crippen LogP contribution is 2.19. The average Bonchev–Trinajstić information content (AvgIpc) is 2.88. The van der Waals surface area contributed by atoms with Crippen molar-refractivity contribution in [1.82, 2.24) is 15.1 Å². The summed E-state index contributed by atoms with van der Waals surface area (Å²) in [5.41, 5.74) is 4.11. The molecule has 0 aliphatic carbocycles. The Morgan fingerprint density at radius 1 is 1.21 bits per heavy atom. The lowest BCUT2D eigenvalue weighted by Crippen LogP contribution is -2.44. The molecule has 0 unspecified atom stereocenters. The summed E-state index contributed by atoms with van der Waals surface area (Å²) < 4.78 is 1.71. The van der Waals surface area contributed by atoms with Gasteiger partial charge in [0.05, 0.1) is 23.1 Å². The molecule has 0 fully saturated rings. The Kier molecular flexibility index (Phi) is 5.07. The standard InChI is InChI=1S/C18H23N3O3/c1-10(2)16(18(23)24)20-17(22)14-9-19-21(13(14)5)15-8-11(3)6-7-12(15)4/h6-10,16H,1-5H3,(H,20,22)(H,23,24)/t16-/m0/s1. The molecule has 6 nitrogen and oxygen atoms in total. The quantitative estimate of drug-likeness (QED) is 0.883. The molecule has 1 heterocycles. The Balaban J connectivity index is 2.34. The topological polar surface area (TPSA) is 84.2 Å². The van der Waals surface area contributed by atoms with E-state index in [1.807, 2.05) is 32.0 Å². The van der Waals surface area contributed by atoms with Gasteiger partial charge in [-0.2, -0.15) is 5.10 Å². The molecule has 0 aliphatic heterocycles. The van der Waals surface area contributed by atoms with Gasteiger partial charge in [-0.1, -0.05) is 26.0 Å². The summed E-state index contributed by atoms with van der Waals surface area (Å²) in [6.45, 7) is 9.29. The number of carboxylic acids is 1. The third kappa shape index (κ3) is 3.48. The van der Waals surface area contributed by atoms with Crippen molar-refractivity contribution in [3.8, 4) is 5.69 Å². The minimum Gasteiger partial charge on any atom is -0.480 e. The van der Waals surface area contributed by atoms with Crippen LogP contribution in [0.25, 0.3) is 5.69 Å². The van der Waals surface area contributed by atoms with Crippen LogP contribution in [0.3, 0.4) is 0 Å². The normalized spacial score (nSPS) is 12.2. The molecule has 1 aromatic heterocycles. The highest BCUT2D eigenvalue weighted by Gasteiger charge is 2.25. The van der Waals surface area contributed by atoms with E-state index in [4.69, 9.17) is 0 Å². The first kappa shape index (κ1) is 17.7. The average molecular weight is 329 g/mol.